The average Bonchev–Trinajstić information content (AvgIpc) is 2.67. The van der Waals surface area contributed by atoms with Crippen molar-refractivity contribution >= 4 is 28.5 Å². The minimum absolute atomic E-state index is 0.205. The Kier molecular flexibility index (Phi) is 4.26. The Morgan fingerprint density at radius 2 is 2.17 bits per heavy atom. The number of benzene rings is 1. The summed E-state index contributed by atoms with van der Waals surface area (Å²) in [4.78, 5) is 11.7. The van der Waals surface area contributed by atoms with Gasteiger partial charge in [-0.1, -0.05) is 43.1 Å². The Labute approximate surface area is 111 Å². The molecular formula is C14H16ClNO2. The molecule has 0 bridgehead atoms. The molecule has 0 saturated heterocycles. The summed E-state index contributed by atoms with van der Waals surface area (Å²) in [6.45, 7) is 2.76. The second-order valence-corrected chi connectivity index (χ2v) is 4.60. The van der Waals surface area contributed by atoms with Crippen LogP contribution in [-0.2, 0) is 16.1 Å². The van der Waals surface area contributed by atoms with E-state index in [0.717, 1.165) is 23.7 Å². The summed E-state index contributed by atoms with van der Waals surface area (Å²) in [5.41, 5.74) is 0.954. The predicted octanol–water partition coefficient (Wildman–Crippen LogP) is 3.64. The van der Waals surface area contributed by atoms with Crippen molar-refractivity contribution in [3.63, 3.8) is 0 Å². The highest BCUT2D eigenvalue weighted by Crippen LogP contribution is 2.25. The molecule has 2 aromatic rings. The monoisotopic (exact) mass is 265 g/mol. The second-order valence-electron chi connectivity index (χ2n) is 4.20. The highest BCUT2D eigenvalue weighted by atomic mass is 35.5. The lowest BCUT2D eigenvalue weighted by Crippen LogP contribution is -2.13. The maximum Gasteiger partial charge on any atom is 0.325 e. The fraction of sp³-hybridized carbons (Fsp3) is 0.357. The van der Waals surface area contributed by atoms with E-state index in [1.165, 1.54) is 0 Å². The molecule has 0 fully saturated rings. The van der Waals surface area contributed by atoms with Crippen LogP contribution in [0.1, 0.15) is 19.8 Å². The number of halogens is 1. The first-order valence-electron chi connectivity index (χ1n) is 6.11. The first-order valence-corrected chi connectivity index (χ1v) is 6.49. The van der Waals surface area contributed by atoms with Gasteiger partial charge in [0.05, 0.1) is 17.1 Å². The van der Waals surface area contributed by atoms with Gasteiger partial charge in [-0.15, -0.1) is 0 Å². The van der Waals surface area contributed by atoms with Crippen molar-refractivity contribution in [2.24, 2.45) is 0 Å². The molecule has 0 saturated carbocycles. The van der Waals surface area contributed by atoms with E-state index in [4.69, 9.17) is 16.3 Å². The normalized spacial score (nSPS) is 10.8. The Balaban J connectivity index is 2.10. The average molecular weight is 266 g/mol. The molecule has 1 heterocycles. The van der Waals surface area contributed by atoms with Gasteiger partial charge in [-0.3, -0.25) is 4.79 Å². The van der Waals surface area contributed by atoms with Crippen molar-refractivity contribution < 1.29 is 9.53 Å². The number of hydrogen-bond donors (Lipinski definition) is 0. The molecule has 1 aromatic heterocycles. The van der Waals surface area contributed by atoms with Crippen molar-refractivity contribution in [1.82, 2.24) is 4.57 Å². The number of nitrogens with zero attached hydrogens (tertiary/aromatic N) is 1. The summed E-state index contributed by atoms with van der Waals surface area (Å²) < 4.78 is 6.97. The van der Waals surface area contributed by atoms with E-state index in [-0.39, 0.29) is 12.5 Å². The molecular weight excluding hydrogens is 250 g/mol. The lowest BCUT2D eigenvalue weighted by molar-refractivity contribution is -0.144. The Morgan fingerprint density at radius 3 is 2.94 bits per heavy atom. The highest BCUT2D eigenvalue weighted by Gasteiger charge is 2.10. The van der Waals surface area contributed by atoms with Crippen LogP contribution in [0, 0.1) is 0 Å². The molecule has 0 N–H and O–H groups in total. The van der Waals surface area contributed by atoms with Gasteiger partial charge in [-0.25, -0.2) is 0 Å². The number of ether oxygens (including phenoxy) is 1. The van der Waals surface area contributed by atoms with E-state index in [1.807, 2.05) is 28.8 Å². The maximum absolute atomic E-state index is 11.7. The van der Waals surface area contributed by atoms with Gasteiger partial charge in [0, 0.05) is 11.6 Å². The predicted molar refractivity (Wildman–Crippen MR) is 72.8 cm³/mol. The summed E-state index contributed by atoms with van der Waals surface area (Å²) >= 11 is 6.12. The second kappa shape index (κ2) is 5.91. The number of hydrogen-bond acceptors (Lipinski definition) is 2. The minimum Gasteiger partial charge on any atom is -0.464 e. The Hall–Kier alpha value is -1.48. The zero-order valence-corrected chi connectivity index (χ0v) is 11.1. The number of carbonyl (C=O) groups excluding carboxylic acids is 1. The van der Waals surface area contributed by atoms with Gasteiger partial charge in [0.15, 0.2) is 0 Å². The topological polar surface area (TPSA) is 31.2 Å². The third-order valence-electron chi connectivity index (χ3n) is 2.80. The largest absolute Gasteiger partial charge is 0.464 e. The van der Waals surface area contributed by atoms with Crippen LogP contribution in [0.2, 0.25) is 5.02 Å². The number of para-hydroxylation sites is 1. The number of esters is 1. The van der Waals surface area contributed by atoms with Crippen LogP contribution in [0.15, 0.2) is 30.5 Å². The van der Waals surface area contributed by atoms with E-state index in [2.05, 4.69) is 6.92 Å². The van der Waals surface area contributed by atoms with Crippen LogP contribution in [0.25, 0.3) is 10.9 Å². The third-order valence-corrected chi connectivity index (χ3v) is 3.10. The molecule has 96 valence electrons. The van der Waals surface area contributed by atoms with Crippen molar-refractivity contribution in [3.8, 4) is 0 Å². The van der Waals surface area contributed by atoms with Gasteiger partial charge in [-0.05, 0) is 12.5 Å². The lowest BCUT2D eigenvalue weighted by Gasteiger charge is -2.06. The Bertz CT molecular complexity index is 548. The molecule has 0 radical (unpaired) electrons. The molecule has 0 unspecified atom stereocenters. The number of fused-ring (bicyclic) bond motifs is 1. The van der Waals surface area contributed by atoms with Crippen molar-refractivity contribution in [2.45, 2.75) is 26.3 Å². The molecule has 18 heavy (non-hydrogen) atoms. The molecule has 0 aliphatic heterocycles. The van der Waals surface area contributed by atoms with E-state index < -0.39 is 0 Å². The number of unbranched alkanes of at least 4 members (excludes halogenated alkanes) is 1. The van der Waals surface area contributed by atoms with Gasteiger partial charge in [-0.2, -0.15) is 0 Å². The summed E-state index contributed by atoms with van der Waals surface area (Å²) in [7, 11) is 0. The number of rotatable bonds is 5. The van der Waals surface area contributed by atoms with Crippen LogP contribution >= 0.6 is 11.6 Å². The first kappa shape index (κ1) is 13.0. The standard InChI is InChI=1S/C14H16ClNO2/c1-2-3-8-18-14(17)10-16-9-12(15)11-6-4-5-7-13(11)16/h4-7,9H,2-3,8,10H2,1H3. The smallest absolute Gasteiger partial charge is 0.325 e. The molecule has 2 rings (SSSR count). The van der Waals surface area contributed by atoms with Crippen molar-refractivity contribution in [1.29, 1.82) is 0 Å². The minimum atomic E-state index is -0.221. The zero-order valence-electron chi connectivity index (χ0n) is 10.4. The van der Waals surface area contributed by atoms with Gasteiger partial charge in [0.25, 0.3) is 0 Å². The maximum atomic E-state index is 11.7. The van der Waals surface area contributed by atoms with Crippen LogP contribution < -0.4 is 0 Å². The molecule has 4 heteroatoms. The third kappa shape index (κ3) is 2.85. The number of carbonyl (C=O) groups is 1. The lowest BCUT2D eigenvalue weighted by atomic mass is 10.2. The molecule has 0 aliphatic carbocycles. The summed E-state index contributed by atoms with van der Waals surface area (Å²) in [6.07, 6.45) is 3.69. The van der Waals surface area contributed by atoms with Gasteiger partial charge in [0.1, 0.15) is 6.54 Å². The highest BCUT2D eigenvalue weighted by molar-refractivity contribution is 6.35. The van der Waals surface area contributed by atoms with Crippen LogP contribution in [0.3, 0.4) is 0 Å². The summed E-state index contributed by atoms with van der Waals surface area (Å²) in [6, 6.07) is 7.74. The van der Waals surface area contributed by atoms with Crippen molar-refractivity contribution in [2.75, 3.05) is 6.61 Å². The fourth-order valence-corrected chi connectivity index (χ4v) is 2.13. The van der Waals surface area contributed by atoms with Gasteiger partial charge < -0.3 is 9.30 Å². The van der Waals surface area contributed by atoms with Crippen LogP contribution in [0.4, 0.5) is 0 Å². The Morgan fingerprint density at radius 1 is 1.39 bits per heavy atom. The van der Waals surface area contributed by atoms with Gasteiger partial charge in [0.2, 0.25) is 0 Å². The van der Waals surface area contributed by atoms with E-state index >= 15 is 0 Å². The summed E-state index contributed by atoms with van der Waals surface area (Å²) in [5.74, 6) is -0.221. The SMILES string of the molecule is CCCCOC(=O)Cn1cc(Cl)c2ccccc21. The fourth-order valence-electron chi connectivity index (χ4n) is 1.85. The molecule has 0 atom stereocenters. The van der Waals surface area contributed by atoms with Crippen LogP contribution in [-0.4, -0.2) is 17.1 Å². The first-order chi connectivity index (χ1) is 8.72. The van der Waals surface area contributed by atoms with Crippen LogP contribution in [0.5, 0.6) is 0 Å². The quantitative estimate of drug-likeness (QED) is 0.611. The summed E-state index contributed by atoms with van der Waals surface area (Å²) in [5, 5.41) is 1.62. The molecule has 0 spiro atoms. The van der Waals surface area contributed by atoms with E-state index in [9.17, 15) is 4.79 Å². The molecule has 0 aliphatic rings. The van der Waals surface area contributed by atoms with Crippen molar-refractivity contribution in [3.05, 3.63) is 35.5 Å². The van der Waals surface area contributed by atoms with Gasteiger partial charge >= 0.3 is 5.97 Å². The zero-order chi connectivity index (χ0) is 13.0. The van der Waals surface area contributed by atoms with E-state index in [1.54, 1.807) is 6.20 Å². The number of aromatic nitrogens is 1. The molecule has 1 aromatic carbocycles. The molecule has 3 nitrogen and oxygen atoms in total. The van der Waals surface area contributed by atoms with E-state index in [0.29, 0.717) is 11.6 Å². The molecule has 0 amide bonds.